The number of carbonyl (C=O) groups excluding carboxylic acids is 2. The van der Waals surface area contributed by atoms with Crippen LogP contribution in [0.3, 0.4) is 0 Å². The molecule has 2 aromatic rings. The standard InChI is InChI=1S/C23H26N2O5S/c1-15-14-16(5-6-17(15)29-2)21(26)19-20(18-4-3-13-31-18)25(23(28)22(19)27)8-7-24-9-11-30-12-10-24/h3-6,13-14,20,26H,7-12H2,1-2H3/b21-19+/t20-/m0/s1. The van der Waals surface area contributed by atoms with Crippen molar-refractivity contribution >= 4 is 28.8 Å². The summed E-state index contributed by atoms with van der Waals surface area (Å²) in [5, 5.41) is 13.0. The van der Waals surface area contributed by atoms with Crippen molar-refractivity contribution in [3.63, 3.8) is 0 Å². The number of thiophene rings is 1. The lowest BCUT2D eigenvalue weighted by Gasteiger charge is -2.30. The Balaban J connectivity index is 1.70. The molecule has 1 N–H and O–H groups in total. The summed E-state index contributed by atoms with van der Waals surface area (Å²) >= 11 is 1.47. The van der Waals surface area contributed by atoms with Gasteiger partial charge in [-0.25, -0.2) is 0 Å². The summed E-state index contributed by atoms with van der Waals surface area (Å²) < 4.78 is 10.7. The van der Waals surface area contributed by atoms with Crippen molar-refractivity contribution in [2.75, 3.05) is 46.5 Å². The van der Waals surface area contributed by atoms with Gasteiger partial charge < -0.3 is 19.5 Å². The fourth-order valence-corrected chi connectivity index (χ4v) is 4.95. The summed E-state index contributed by atoms with van der Waals surface area (Å²) in [6, 6.07) is 8.41. The number of ketones is 1. The van der Waals surface area contributed by atoms with E-state index in [4.69, 9.17) is 9.47 Å². The van der Waals surface area contributed by atoms with E-state index >= 15 is 0 Å². The molecule has 0 saturated carbocycles. The number of aliphatic hydroxyl groups is 1. The van der Waals surface area contributed by atoms with Crippen LogP contribution in [-0.4, -0.2) is 73.1 Å². The predicted octanol–water partition coefficient (Wildman–Crippen LogP) is 2.82. The summed E-state index contributed by atoms with van der Waals surface area (Å²) in [5.41, 5.74) is 1.46. The van der Waals surface area contributed by atoms with Crippen LogP contribution in [0.25, 0.3) is 5.76 Å². The van der Waals surface area contributed by atoms with Crippen molar-refractivity contribution in [2.24, 2.45) is 0 Å². The van der Waals surface area contributed by atoms with E-state index in [0.717, 1.165) is 23.5 Å². The summed E-state index contributed by atoms with van der Waals surface area (Å²) in [6.45, 7) is 5.88. The minimum Gasteiger partial charge on any atom is -0.507 e. The largest absolute Gasteiger partial charge is 0.507 e. The van der Waals surface area contributed by atoms with Crippen molar-refractivity contribution in [3.05, 3.63) is 57.3 Å². The van der Waals surface area contributed by atoms with Crippen molar-refractivity contribution in [1.29, 1.82) is 0 Å². The highest BCUT2D eigenvalue weighted by Gasteiger charge is 2.46. The van der Waals surface area contributed by atoms with Gasteiger partial charge in [0.05, 0.1) is 31.9 Å². The molecule has 31 heavy (non-hydrogen) atoms. The Labute approximate surface area is 185 Å². The first-order valence-electron chi connectivity index (χ1n) is 10.3. The SMILES string of the molecule is COc1ccc(/C(O)=C2\C(=O)C(=O)N(CCN3CCOCC3)[C@H]2c2cccs2)cc1C. The molecule has 1 aromatic carbocycles. The normalized spacial score (nSPS) is 21.6. The third-order valence-corrected chi connectivity index (χ3v) is 6.71. The Morgan fingerprint density at radius 1 is 1.23 bits per heavy atom. The van der Waals surface area contributed by atoms with E-state index in [0.29, 0.717) is 37.6 Å². The summed E-state index contributed by atoms with van der Waals surface area (Å²) in [5.74, 6) is -0.682. The lowest BCUT2D eigenvalue weighted by Crippen LogP contribution is -2.42. The van der Waals surface area contributed by atoms with Crippen LogP contribution >= 0.6 is 11.3 Å². The number of morpholine rings is 1. The zero-order chi connectivity index (χ0) is 22.0. The number of Topliss-reactive ketones (excluding diaryl/α,β-unsaturated/α-hetero) is 1. The number of rotatable bonds is 6. The molecule has 3 heterocycles. The number of ether oxygens (including phenoxy) is 2. The van der Waals surface area contributed by atoms with Crippen molar-refractivity contribution in [1.82, 2.24) is 9.80 Å². The molecular formula is C23H26N2O5S. The van der Waals surface area contributed by atoms with Crippen molar-refractivity contribution < 1.29 is 24.2 Å². The zero-order valence-electron chi connectivity index (χ0n) is 17.7. The fourth-order valence-electron chi connectivity index (χ4n) is 4.11. The third kappa shape index (κ3) is 4.23. The molecule has 2 fully saturated rings. The number of hydrogen-bond donors (Lipinski definition) is 1. The smallest absolute Gasteiger partial charge is 0.295 e. The van der Waals surface area contributed by atoms with E-state index < -0.39 is 17.7 Å². The van der Waals surface area contributed by atoms with Gasteiger partial charge in [0.2, 0.25) is 0 Å². The van der Waals surface area contributed by atoms with Gasteiger partial charge in [-0.1, -0.05) is 6.07 Å². The summed E-state index contributed by atoms with van der Waals surface area (Å²) in [4.78, 5) is 30.7. The quantitative estimate of drug-likeness (QED) is 0.421. The third-order valence-electron chi connectivity index (χ3n) is 5.78. The van der Waals surface area contributed by atoms with E-state index in [1.807, 2.05) is 24.4 Å². The van der Waals surface area contributed by atoms with Crippen LogP contribution in [0.5, 0.6) is 5.75 Å². The average Bonchev–Trinajstić information content (AvgIpc) is 3.40. The molecule has 1 aromatic heterocycles. The van der Waals surface area contributed by atoms with E-state index in [9.17, 15) is 14.7 Å². The Morgan fingerprint density at radius 3 is 2.65 bits per heavy atom. The van der Waals surface area contributed by atoms with Gasteiger partial charge in [0, 0.05) is 36.6 Å². The first-order valence-corrected chi connectivity index (χ1v) is 11.2. The van der Waals surface area contributed by atoms with Gasteiger partial charge >= 0.3 is 0 Å². The second-order valence-electron chi connectivity index (χ2n) is 7.65. The van der Waals surface area contributed by atoms with E-state index in [1.54, 1.807) is 30.2 Å². The molecule has 2 aliphatic heterocycles. The van der Waals surface area contributed by atoms with Crippen LogP contribution in [-0.2, 0) is 14.3 Å². The molecule has 2 saturated heterocycles. The second-order valence-corrected chi connectivity index (χ2v) is 8.63. The number of hydrogen-bond acceptors (Lipinski definition) is 7. The first-order chi connectivity index (χ1) is 15.0. The highest BCUT2D eigenvalue weighted by molar-refractivity contribution is 7.10. The number of aliphatic hydroxyl groups excluding tert-OH is 1. The Morgan fingerprint density at radius 2 is 2.00 bits per heavy atom. The number of benzene rings is 1. The molecule has 8 heteroatoms. The summed E-state index contributed by atoms with van der Waals surface area (Å²) in [6.07, 6.45) is 0. The number of aryl methyl sites for hydroxylation is 1. The van der Waals surface area contributed by atoms with Gasteiger partial charge in [0.25, 0.3) is 11.7 Å². The van der Waals surface area contributed by atoms with Gasteiger partial charge in [0.15, 0.2) is 0 Å². The molecule has 0 bridgehead atoms. The van der Waals surface area contributed by atoms with E-state index in [2.05, 4.69) is 4.90 Å². The molecule has 1 atom stereocenters. The Bertz CT molecular complexity index is 995. The minimum atomic E-state index is -0.647. The highest BCUT2D eigenvalue weighted by Crippen LogP contribution is 2.41. The number of nitrogens with zero attached hydrogens (tertiary/aromatic N) is 2. The van der Waals surface area contributed by atoms with Crippen LogP contribution in [0, 0.1) is 6.92 Å². The molecule has 0 spiro atoms. The lowest BCUT2D eigenvalue weighted by atomic mass is 9.99. The number of amides is 1. The molecule has 1 amide bonds. The fraction of sp³-hybridized carbons (Fsp3) is 0.391. The molecule has 7 nitrogen and oxygen atoms in total. The Hall–Kier alpha value is -2.68. The molecule has 0 aliphatic carbocycles. The Kier molecular flexibility index (Phi) is 6.41. The topological polar surface area (TPSA) is 79.3 Å². The monoisotopic (exact) mass is 442 g/mol. The van der Waals surface area contributed by atoms with E-state index in [-0.39, 0.29) is 11.3 Å². The van der Waals surface area contributed by atoms with Gasteiger partial charge in [0.1, 0.15) is 11.5 Å². The van der Waals surface area contributed by atoms with Gasteiger partial charge in [-0.15, -0.1) is 11.3 Å². The maximum Gasteiger partial charge on any atom is 0.295 e. The number of likely N-dealkylation sites (tertiary alicyclic amines) is 1. The summed E-state index contributed by atoms with van der Waals surface area (Å²) in [7, 11) is 1.58. The van der Waals surface area contributed by atoms with Crippen LogP contribution in [0.1, 0.15) is 22.0 Å². The van der Waals surface area contributed by atoms with Crippen molar-refractivity contribution in [3.8, 4) is 5.75 Å². The number of methoxy groups -OCH3 is 1. The van der Waals surface area contributed by atoms with Crippen LogP contribution < -0.4 is 4.74 Å². The lowest BCUT2D eigenvalue weighted by molar-refractivity contribution is -0.140. The van der Waals surface area contributed by atoms with Gasteiger partial charge in [-0.05, 0) is 42.1 Å². The molecular weight excluding hydrogens is 416 g/mol. The first kappa shape index (κ1) is 21.5. The predicted molar refractivity (Wildman–Crippen MR) is 118 cm³/mol. The van der Waals surface area contributed by atoms with E-state index in [1.165, 1.54) is 11.3 Å². The van der Waals surface area contributed by atoms with Crippen LogP contribution in [0.4, 0.5) is 0 Å². The molecule has 164 valence electrons. The maximum absolute atomic E-state index is 13.0. The molecule has 2 aliphatic rings. The van der Waals surface area contributed by atoms with Crippen LogP contribution in [0.2, 0.25) is 0 Å². The van der Waals surface area contributed by atoms with Crippen LogP contribution in [0.15, 0.2) is 41.3 Å². The highest BCUT2D eigenvalue weighted by atomic mass is 32.1. The molecule has 0 radical (unpaired) electrons. The van der Waals surface area contributed by atoms with Gasteiger partial charge in [-0.2, -0.15) is 0 Å². The maximum atomic E-state index is 13.0. The average molecular weight is 443 g/mol. The molecule has 4 rings (SSSR count). The second kappa shape index (κ2) is 9.21. The van der Waals surface area contributed by atoms with Gasteiger partial charge in [-0.3, -0.25) is 14.5 Å². The zero-order valence-corrected chi connectivity index (χ0v) is 18.5. The minimum absolute atomic E-state index is 0.138. The number of carbonyl (C=O) groups is 2. The van der Waals surface area contributed by atoms with Crippen molar-refractivity contribution in [2.45, 2.75) is 13.0 Å². The molecule has 0 unspecified atom stereocenters.